The Kier molecular flexibility index (Phi) is 4.65. The lowest BCUT2D eigenvalue weighted by Gasteiger charge is -2.16. The van der Waals surface area contributed by atoms with Gasteiger partial charge in [-0.05, 0) is 18.5 Å². The fourth-order valence-corrected chi connectivity index (χ4v) is 2.36. The molecule has 0 aromatic heterocycles. The van der Waals surface area contributed by atoms with Crippen molar-refractivity contribution in [2.24, 2.45) is 5.92 Å². The summed E-state index contributed by atoms with van der Waals surface area (Å²) in [6, 6.07) is 9.81. The van der Waals surface area contributed by atoms with Crippen LogP contribution in [0.25, 0.3) is 0 Å². The number of amides is 1. The molecule has 1 aromatic rings. The number of hydrogen-bond donors (Lipinski definition) is 1. The van der Waals surface area contributed by atoms with Crippen molar-refractivity contribution in [3.63, 3.8) is 0 Å². The van der Waals surface area contributed by atoms with E-state index in [1.807, 2.05) is 35.6 Å². The number of halogens is 3. The average molecular weight is 286 g/mol. The van der Waals surface area contributed by atoms with Crippen LogP contribution >= 0.6 is 0 Å². The fourth-order valence-electron chi connectivity index (χ4n) is 2.36. The number of nitrogens with one attached hydrogen (secondary N) is 1. The fraction of sp³-hybridized carbons (Fsp3) is 0.500. The van der Waals surface area contributed by atoms with Crippen molar-refractivity contribution >= 4 is 5.91 Å². The van der Waals surface area contributed by atoms with Crippen LogP contribution in [0, 0.1) is 5.92 Å². The number of hydrogen-bond acceptors (Lipinski definition) is 2. The van der Waals surface area contributed by atoms with Crippen LogP contribution in [-0.4, -0.2) is 36.6 Å². The van der Waals surface area contributed by atoms with Gasteiger partial charge in [-0.15, -0.1) is 0 Å². The molecule has 1 N–H and O–H groups in total. The third-order valence-corrected chi connectivity index (χ3v) is 3.36. The molecule has 1 fully saturated rings. The second-order valence-corrected chi connectivity index (χ2v) is 5.04. The van der Waals surface area contributed by atoms with E-state index in [0.717, 1.165) is 18.7 Å². The highest BCUT2D eigenvalue weighted by molar-refractivity contribution is 5.79. The molecule has 1 heterocycles. The predicted octanol–water partition coefficient (Wildman–Crippen LogP) is 2.19. The lowest BCUT2D eigenvalue weighted by Crippen LogP contribution is -2.38. The van der Waals surface area contributed by atoms with Crippen molar-refractivity contribution in [1.82, 2.24) is 10.2 Å². The van der Waals surface area contributed by atoms with Crippen LogP contribution in [0.15, 0.2) is 30.3 Å². The molecule has 0 bridgehead atoms. The van der Waals surface area contributed by atoms with Crippen molar-refractivity contribution < 1.29 is 18.0 Å². The standard InChI is InChI=1S/C14H17F3N2O/c15-14(16,17)10-18-13(20)12-6-7-19(9-12)8-11-4-2-1-3-5-11/h1-5,12H,6-10H2,(H,18,20). The van der Waals surface area contributed by atoms with Crippen LogP contribution in [0.4, 0.5) is 13.2 Å². The number of benzene rings is 1. The Morgan fingerprint density at radius 2 is 2.00 bits per heavy atom. The summed E-state index contributed by atoms with van der Waals surface area (Å²) in [5, 5.41) is 1.96. The average Bonchev–Trinajstić information content (AvgIpc) is 2.85. The second-order valence-electron chi connectivity index (χ2n) is 5.04. The molecule has 6 heteroatoms. The molecule has 2 rings (SSSR count). The minimum atomic E-state index is -4.35. The molecule has 1 aliphatic rings. The molecule has 1 saturated heterocycles. The van der Waals surface area contributed by atoms with Gasteiger partial charge in [0.25, 0.3) is 0 Å². The molecule has 0 radical (unpaired) electrons. The van der Waals surface area contributed by atoms with E-state index >= 15 is 0 Å². The predicted molar refractivity (Wildman–Crippen MR) is 68.9 cm³/mol. The van der Waals surface area contributed by atoms with E-state index in [9.17, 15) is 18.0 Å². The van der Waals surface area contributed by atoms with E-state index in [-0.39, 0.29) is 5.92 Å². The summed E-state index contributed by atoms with van der Waals surface area (Å²) >= 11 is 0. The van der Waals surface area contributed by atoms with E-state index in [1.54, 1.807) is 0 Å². The van der Waals surface area contributed by atoms with Gasteiger partial charge in [-0.25, -0.2) is 0 Å². The van der Waals surface area contributed by atoms with Crippen molar-refractivity contribution in [1.29, 1.82) is 0 Å². The summed E-state index contributed by atoms with van der Waals surface area (Å²) in [5.41, 5.74) is 1.14. The van der Waals surface area contributed by atoms with Gasteiger partial charge in [0, 0.05) is 13.1 Å². The summed E-state index contributed by atoms with van der Waals surface area (Å²) in [6.45, 7) is 0.725. The van der Waals surface area contributed by atoms with Gasteiger partial charge >= 0.3 is 6.18 Å². The van der Waals surface area contributed by atoms with Crippen molar-refractivity contribution in [3.05, 3.63) is 35.9 Å². The van der Waals surface area contributed by atoms with Crippen LogP contribution in [0.2, 0.25) is 0 Å². The third-order valence-electron chi connectivity index (χ3n) is 3.36. The summed E-state index contributed by atoms with van der Waals surface area (Å²) in [7, 11) is 0. The molecular formula is C14H17F3N2O. The Hall–Kier alpha value is -1.56. The first-order valence-electron chi connectivity index (χ1n) is 6.55. The molecule has 0 saturated carbocycles. The van der Waals surface area contributed by atoms with E-state index in [2.05, 4.69) is 4.90 Å². The second kappa shape index (κ2) is 6.26. The highest BCUT2D eigenvalue weighted by atomic mass is 19.4. The van der Waals surface area contributed by atoms with Crippen LogP contribution in [-0.2, 0) is 11.3 Å². The summed E-state index contributed by atoms with van der Waals surface area (Å²) in [4.78, 5) is 13.7. The number of rotatable bonds is 4. The summed E-state index contributed by atoms with van der Waals surface area (Å²) in [5.74, 6) is -0.848. The van der Waals surface area contributed by atoms with Gasteiger partial charge in [0.2, 0.25) is 5.91 Å². The topological polar surface area (TPSA) is 32.3 Å². The van der Waals surface area contributed by atoms with E-state index in [0.29, 0.717) is 13.0 Å². The zero-order chi connectivity index (χ0) is 14.6. The van der Waals surface area contributed by atoms with Crippen molar-refractivity contribution in [2.45, 2.75) is 19.1 Å². The molecule has 1 unspecified atom stereocenters. The molecule has 1 atom stereocenters. The molecule has 3 nitrogen and oxygen atoms in total. The first-order chi connectivity index (χ1) is 9.44. The lowest BCUT2D eigenvalue weighted by atomic mass is 10.1. The zero-order valence-electron chi connectivity index (χ0n) is 11.0. The molecule has 110 valence electrons. The minimum Gasteiger partial charge on any atom is -0.347 e. The molecule has 1 aromatic carbocycles. The van der Waals surface area contributed by atoms with Gasteiger partial charge in [-0.2, -0.15) is 13.2 Å². The van der Waals surface area contributed by atoms with E-state index in [4.69, 9.17) is 0 Å². The number of nitrogens with zero attached hydrogens (tertiary/aromatic N) is 1. The van der Waals surface area contributed by atoms with Gasteiger partial charge in [0.1, 0.15) is 6.54 Å². The van der Waals surface area contributed by atoms with Crippen LogP contribution in [0.3, 0.4) is 0 Å². The molecule has 0 aliphatic carbocycles. The minimum absolute atomic E-state index is 0.346. The smallest absolute Gasteiger partial charge is 0.347 e. The Morgan fingerprint density at radius 1 is 1.30 bits per heavy atom. The zero-order valence-corrected chi connectivity index (χ0v) is 11.0. The molecule has 1 amide bonds. The van der Waals surface area contributed by atoms with Crippen LogP contribution < -0.4 is 5.32 Å². The van der Waals surface area contributed by atoms with Crippen molar-refractivity contribution in [2.75, 3.05) is 19.6 Å². The first kappa shape index (κ1) is 14.8. The Morgan fingerprint density at radius 3 is 2.65 bits per heavy atom. The number of carbonyl (C=O) groups is 1. The summed E-state index contributed by atoms with van der Waals surface area (Å²) < 4.78 is 36.1. The maximum absolute atomic E-state index is 12.0. The Balaban J connectivity index is 1.79. The molecule has 0 spiro atoms. The maximum Gasteiger partial charge on any atom is 0.405 e. The summed E-state index contributed by atoms with van der Waals surface area (Å²) in [6.07, 6.45) is -3.74. The van der Waals surface area contributed by atoms with Crippen molar-refractivity contribution in [3.8, 4) is 0 Å². The van der Waals surface area contributed by atoms with Gasteiger partial charge in [0.05, 0.1) is 5.92 Å². The highest BCUT2D eigenvalue weighted by Gasteiger charge is 2.32. The third kappa shape index (κ3) is 4.52. The normalized spacial score (nSPS) is 20.1. The monoisotopic (exact) mass is 286 g/mol. The van der Waals surface area contributed by atoms with Crippen LogP contribution in [0.5, 0.6) is 0 Å². The quantitative estimate of drug-likeness (QED) is 0.920. The molecule has 1 aliphatic heterocycles. The molecule has 20 heavy (non-hydrogen) atoms. The first-order valence-corrected chi connectivity index (χ1v) is 6.55. The van der Waals surface area contributed by atoms with Crippen LogP contribution in [0.1, 0.15) is 12.0 Å². The SMILES string of the molecule is O=C(NCC(F)(F)F)C1CCN(Cc2ccccc2)C1. The van der Waals surface area contributed by atoms with Gasteiger partial charge in [0.15, 0.2) is 0 Å². The number of likely N-dealkylation sites (tertiary alicyclic amines) is 1. The number of alkyl halides is 3. The largest absolute Gasteiger partial charge is 0.405 e. The molecular weight excluding hydrogens is 269 g/mol. The van der Waals surface area contributed by atoms with Gasteiger partial charge in [-0.3, -0.25) is 9.69 Å². The number of carbonyl (C=O) groups excluding carboxylic acids is 1. The van der Waals surface area contributed by atoms with E-state index in [1.165, 1.54) is 0 Å². The Bertz CT molecular complexity index is 447. The lowest BCUT2D eigenvalue weighted by molar-refractivity contribution is -0.140. The van der Waals surface area contributed by atoms with Gasteiger partial charge < -0.3 is 5.32 Å². The Labute approximate surface area is 115 Å². The maximum atomic E-state index is 12.0. The van der Waals surface area contributed by atoms with Gasteiger partial charge in [-0.1, -0.05) is 30.3 Å². The van der Waals surface area contributed by atoms with E-state index < -0.39 is 18.6 Å². The highest BCUT2D eigenvalue weighted by Crippen LogP contribution is 2.19.